The smallest absolute Gasteiger partial charge is 0.0741 e. The minimum absolute atomic E-state index is 0.0883. The van der Waals surface area contributed by atoms with Crippen LogP contribution in [0.4, 0.5) is 0 Å². The fraction of sp³-hybridized carbons (Fsp3) is 0.154. The summed E-state index contributed by atoms with van der Waals surface area (Å²) in [7, 11) is 0. The topological polar surface area (TPSA) is 50.9 Å². The molecule has 1 atom stereocenters. The van der Waals surface area contributed by atoms with E-state index in [0.29, 0.717) is 6.42 Å². The van der Waals surface area contributed by atoms with E-state index in [1.54, 1.807) is 0 Å². The Balaban J connectivity index is 2.42. The van der Waals surface area contributed by atoms with Gasteiger partial charge >= 0.3 is 0 Å². The van der Waals surface area contributed by atoms with Crippen molar-refractivity contribution in [1.29, 1.82) is 0 Å². The lowest BCUT2D eigenvalue weighted by Gasteiger charge is -2.12. The van der Waals surface area contributed by atoms with Crippen LogP contribution < -0.4 is 11.3 Å². The van der Waals surface area contributed by atoms with E-state index < -0.39 is 0 Å². The highest BCUT2D eigenvalue weighted by atomic mass is 15.2. The van der Waals surface area contributed by atoms with Gasteiger partial charge in [-0.2, -0.15) is 0 Å². The van der Waals surface area contributed by atoms with Crippen LogP contribution in [0.3, 0.4) is 0 Å². The van der Waals surface area contributed by atoms with Crippen LogP contribution >= 0.6 is 0 Å². The predicted octanol–water partition coefficient (Wildman–Crippen LogP) is 1.76. The maximum Gasteiger partial charge on any atom is 0.0741 e. The molecule has 0 radical (unpaired) electrons. The average Bonchev–Trinajstić information content (AvgIpc) is 2.35. The molecule has 3 heteroatoms. The Morgan fingerprint density at radius 2 is 2.12 bits per heavy atom. The molecule has 0 spiro atoms. The van der Waals surface area contributed by atoms with Crippen LogP contribution in [0.2, 0.25) is 0 Å². The van der Waals surface area contributed by atoms with E-state index >= 15 is 0 Å². The Morgan fingerprint density at radius 3 is 2.88 bits per heavy atom. The van der Waals surface area contributed by atoms with E-state index in [1.807, 2.05) is 36.4 Å². The molecule has 80 valence electrons. The molecule has 0 amide bonds. The molecular weight excluding hydrogens is 198 g/mol. The second kappa shape index (κ2) is 4.75. The lowest BCUT2D eigenvalue weighted by Crippen LogP contribution is -2.28. The lowest BCUT2D eigenvalue weighted by atomic mass is 10.1. The first-order valence-electron chi connectivity index (χ1n) is 5.10. The summed E-state index contributed by atoms with van der Waals surface area (Å²) in [6, 6.07) is 11.8. The number of benzene rings is 1. The molecule has 16 heavy (non-hydrogen) atoms. The maximum atomic E-state index is 5.45. The lowest BCUT2D eigenvalue weighted by molar-refractivity contribution is 0.555. The van der Waals surface area contributed by atoms with Gasteiger partial charge in [-0.1, -0.05) is 24.3 Å². The van der Waals surface area contributed by atoms with Crippen LogP contribution in [-0.2, 0) is 0 Å². The summed E-state index contributed by atoms with van der Waals surface area (Å²) < 4.78 is 0. The minimum Gasteiger partial charge on any atom is -0.271 e. The van der Waals surface area contributed by atoms with Gasteiger partial charge in [0.05, 0.1) is 17.3 Å². The van der Waals surface area contributed by atoms with Gasteiger partial charge in [-0.15, -0.1) is 12.3 Å². The number of nitrogens with one attached hydrogen (secondary N) is 1. The van der Waals surface area contributed by atoms with E-state index in [4.69, 9.17) is 12.3 Å². The summed E-state index contributed by atoms with van der Waals surface area (Å²) in [5.74, 6) is 8.03. The molecule has 1 unspecified atom stereocenters. The van der Waals surface area contributed by atoms with Crippen molar-refractivity contribution in [3.63, 3.8) is 0 Å². The molecule has 0 aliphatic rings. The quantitative estimate of drug-likeness (QED) is 0.462. The molecule has 3 N–H and O–H groups in total. The summed E-state index contributed by atoms with van der Waals surface area (Å²) in [4.78, 5) is 4.53. The van der Waals surface area contributed by atoms with Crippen LogP contribution in [0.15, 0.2) is 36.4 Å². The van der Waals surface area contributed by atoms with Gasteiger partial charge in [0.15, 0.2) is 0 Å². The van der Waals surface area contributed by atoms with Crippen molar-refractivity contribution in [1.82, 2.24) is 10.4 Å². The van der Waals surface area contributed by atoms with E-state index in [-0.39, 0.29) is 6.04 Å². The monoisotopic (exact) mass is 211 g/mol. The van der Waals surface area contributed by atoms with E-state index in [9.17, 15) is 0 Å². The second-order valence-corrected chi connectivity index (χ2v) is 3.56. The van der Waals surface area contributed by atoms with E-state index in [0.717, 1.165) is 16.6 Å². The number of pyridine rings is 1. The first kappa shape index (κ1) is 10.6. The van der Waals surface area contributed by atoms with Gasteiger partial charge in [0.1, 0.15) is 0 Å². The fourth-order valence-electron chi connectivity index (χ4n) is 1.64. The molecule has 3 nitrogen and oxygen atoms in total. The zero-order valence-corrected chi connectivity index (χ0v) is 8.85. The minimum atomic E-state index is -0.0883. The van der Waals surface area contributed by atoms with Gasteiger partial charge in [-0.05, 0) is 12.1 Å². The number of rotatable bonds is 3. The summed E-state index contributed by atoms with van der Waals surface area (Å²) in [5, 5.41) is 1.11. The van der Waals surface area contributed by atoms with E-state index in [1.165, 1.54) is 0 Å². The van der Waals surface area contributed by atoms with Gasteiger partial charge in [0.25, 0.3) is 0 Å². The summed E-state index contributed by atoms with van der Waals surface area (Å²) in [6.07, 6.45) is 5.81. The molecule has 0 saturated carbocycles. The Labute approximate surface area is 94.7 Å². The van der Waals surface area contributed by atoms with E-state index in [2.05, 4.69) is 16.3 Å². The number of hydrogen-bond acceptors (Lipinski definition) is 3. The summed E-state index contributed by atoms with van der Waals surface area (Å²) >= 11 is 0. The number of nitrogens with zero attached hydrogens (tertiary/aromatic N) is 1. The number of aromatic nitrogens is 1. The van der Waals surface area contributed by atoms with Gasteiger partial charge in [-0.3, -0.25) is 16.3 Å². The first-order chi connectivity index (χ1) is 7.85. The molecule has 1 aromatic heterocycles. The van der Waals surface area contributed by atoms with Crippen LogP contribution in [0.1, 0.15) is 18.2 Å². The van der Waals surface area contributed by atoms with Crippen molar-refractivity contribution < 1.29 is 0 Å². The number of fused-ring (bicyclic) bond motifs is 1. The Morgan fingerprint density at radius 1 is 1.31 bits per heavy atom. The van der Waals surface area contributed by atoms with Crippen LogP contribution in [0.5, 0.6) is 0 Å². The number of terminal acetylenes is 1. The average molecular weight is 211 g/mol. The largest absolute Gasteiger partial charge is 0.271 e. The third-order valence-corrected chi connectivity index (χ3v) is 2.50. The van der Waals surface area contributed by atoms with Crippen molar-refractivity contribution in [2.45, 2.75) is 12.5 Å². The normalized spacial score (nSPS) is 12.2. The molecule has 1 aromatic carbocycles. The number of hydrazine groups is 1. The molecular formula is C13H13N3. The molecule has 0 saturated heterocycles. The van der Waals surface area contributed by atoms with Crippen LogP contribution in [0.25, 0.3) is 10.9 Å². The Bertz CT molecular complexity index is 528. The van der Waals surface area contributed by atoms with Crippen molar-refractivity contribution in [3.05, 3.63) is 42.1 Å². The molecule has 2 aromatic rings. The SMILES string of the molecule is C#CCC(NN)c1ccc2ccccc2n1. The molecule has 0 aliphatic carbocycles. The van der Waals surface area contributed by atoms with Crippen LogP contribution in [-0.4, -0.2) is 4.98 Å². The number of hydrogen-bond donors (Lipinski definition) is 2. The summed E-state index contributed by atoms with van der Waals surface area (Å²) in [5.41, 5.74) is 4.51. The third-order valence-electron chi connectivity index (χ3n) is 2.50. The fourth-order valence-corrected chi connectivity index (χ4v) is 1.64. The highest BCUT2D eigenvalue weighted by Gasteiger charge is 2.09. The Hall–Kier alpha value is -1.89. The molecule has 0 fully saturated rings. The van der Waals surface area contributed by atoms with Gasteiger partial charge < -0.3 is 0 Å². The van der Waals surface area contributed by atoms with Gasteiger partial charge in [0, 0.05) is 11.8 Å². The standard InChI is InChI=1S/C13H13N3/c1-2-5-13(16-14)12-9-8-10-6-3-4-7-11(10)15-12/h1,3-4,6-9,13,16H,5,14H2. The molecule has 1 heterocycles. The van der Waals surface area contributed by atoms with Crippen molar-refractivity contribution in [3.8, 4) is 12.3 Å². The first-order valence-corrected chi connectivity index (χ1v) is 5.10. The van der Waals surface area contributed by atoms with Gasteiger partial charge in [0.2, 0.25) is 0 Å². The summed E-state index contributed by atoms with van der Waals surface area (Å²) in [6.45, 7) is 0. The highest BCUT2D eigenvalue weighted by Crippen LogP contribution is 2.17. The van der Waals surface area contributed by atoms with Crippen molar-refractivity contribution in [2.24, 2.45) is 5.84 Å². The zero-order chi connectivity index (χ0) is 11.4. The highest BCUT2D eigenvalue weighted by molar-refractivity contribution is 5.78. The second-order valence-electron chi connectivity index (χ2n) is 3.56. The third kappa shape index (κ3) is 2.03. The number of para-hydroxylation sites is 1. The molecule has 2 rings (SSSR count). The van der Waals surface area contributed by atoms with Crippen molar-refractivity contribution >= 4 is 10.9 Å². The predicted molar refractivity (Wildman–Crippen MR) is 65.3 cm³/mol. The molecule has 0 bridgehead atoms. The van der Waals surface area contributed by atoms with Crippen molar-refractivity contribution in [2.75, 3.05) is 0 Å². The van der Waals surface area contributed by atoms with Gasteiger partial charge in [-0.25, -0.2) is 0 Å². The zero-order valence-electron chi connectivity index (χ0n) is 8.85. The molecule has 0 aliphatic heterocycles. The van der Waals surface area contributed by atoms with Crippen LogP contribution in [0, 0.1) is 12.3 Å². The maximum absolute atomic E-state index is 5.45. The number of nitrogens with two attached hydrogens (primary N) is 1. The Kier molecular flexibility index (Phi) is 3.16.